The first-order chi connectivity index (χ1) is 11.5. The highest BCUT2D eigenvalue weighted by molar-refractivity contribution is 5.76. The molecule has 5 rings (SSSR count). The Morgan fingerprint density at radius 2 is 1.88 bits per heavy atom. The van der Waals surface area contributed by atoms with Crippen LogP contribution in [0, 0.1) is 23.2 Å². The number of carbonyl (C=O) groups is 1. The van der Waals surface area contributed by atoms with Gasteiger partial charge in [-0.15, -0.1) is 0 Å². The Bertz CT molecular complexity index is 543. The first kappa shape index (κ1) is 16.2. The Labute approximate surface area is 145 Å². The Morgan fingerprint density at radius 1 is 1.25 bits per heavy atom. The average Bonchev–Trinajstić information content (AvgIpc) is 2.99. The largest absolute Gasteiger partial charge is 0.468 e. The molecule has 4 saturated carbocycles. The fourth-order valence-corrected chi connectivity index (χ4v) is 6.14. The number of amides is 1. The summed E-state index contributed by atoms with van der Waals surface area (Å²) >= 11 is 0. The van der Waals surface area contributed by atoms with Crippen molar-refractivity contribution in [1.29, 1.82) is 0 Å². The van der Waals surface area contributed by atoms with E-state index in [9.17, 15) is 4.79 Å². The number of likely N-dealkylation sites (N-methyl/N-ethyl adjacent to an activating group) is 1. The minimum absolute atomic E-state index is 0.0975. The van der Waals surface area contributed by atoms with E-state index in [-0.39, 0.29) is 11.9 Å². The smallest absolute Gasteiger partial charge is 0.220 e. The summed E-state index contributed by atoms with van der Waals surface area (Å²) in [4.78, 5) is 14.8. The van der Waals surface area contributed by atoms with E-state index in [1.807, 2.05) is 26.2 Å². The van der Waals surface area contributed by atoms with E-state index < -0.39 is 0 Å². The normalized spacial score (nSPS) is 35.4. The molecule has 132 valence electrons. The van der Waals surface area contributed by atoms with E-state index in [2.05, 4.69) is 10.2 Å². The highest BCUT2D eigenvalue weighted by atomic mass is 16.3. The van der Waals surface area contributed by atoms with Gasteiger partial charge < -0.3 is 9.73 Å². The molecule has 1 unspecified atom stereocenters. The molecule has 4 aliphatic carbocycles. The third-order valence-corrected chi connectivity index (χ3v) is 6.69. The van der Waals surface area contributed by atoms with Gasteiger partial charge in [-0.25, -0.2) is 0 Å². The molecular weight excluding hydrogens is 300 g/mol. The van der Waals surface area contributed by atoms with Crippen molar-refractivity contribution in [3.63, 3.8) is 0 Å². The van der Waals surface area contributed by atoms with Crippen LogP contribution in [0.2, 0.25) is 0 Å². The maximum Gasteiger partial charge on any atom is 0.220 e. The molecular formula is C20H30N2O2. The van der Waals surface area contributed by atoms with Gasteiger partial charge in [0.15, 0.2) is 0 Å². The van der Waals surface area contributed by atoms with Crippen molar-refractivity contribution in [2.75, 3.05) is 20.6 Å². The molecule has 1 N–H and O–H groups in total. The van der Waals surface area contributed by atoms with Gasteiger partial charge in [0.25, 0.3) is 0 Å². The summed E-state index contributed by atoms with van der Waals surface area (Å²) in [6.45, 7) is 0.617. The molecule has 0 spiro atoms. The van der Waals surface area contributed by atoms with E-state index in [1.54, 1.807) is 6.26 Å². The maximum absolute atomic E-state index is 12.7. The summed E-state index contributed by atoms with van der Waals surface area (Å²) in [5.41, 5.74) is 0.317. The summed E-state index contributed by atoms with van der Waals surface area (Å²) in [6.07, 6.45) is 10.6. The molecule has 1 atom stereocenters. The lowest BCUT2D eigenvalue weighted by Crippen LogP contribution is -2.48. The lowest BCUT2D eigenvalue weighted by atomic mass is 9.49. The zero-order valence-corrected chi connectivity index (χ0v) is 15.0. The van der Waals surface area contributed by atoms with Crippen molar-refractivity contribution in [3.8, 4) is 0 Å². The molecule has 0 aromatic carbocycles. The lowest BCUT2D eigenvalue weighted by Gasteiger charge is -2.56. The van der Waals surface area contributed by atoms with Crippen LogP contribution in [0.4, 0.5) is 0 Å². The Kier molecular flexibility index (Phi) is 4.19. The van der Waals surface area contributed by atoms with Crippen LogP contribution in [0.15, 0.2) is 22.8 Å². The van der Waals surface area contributed by atoms with E-state index in [1.165, 1.54) is 38.5 Å². The first-order valence-corrected chi connectivity index (χ1v) is 9.49. The van der Waals surface area contributed by atoms with Crippen LogP contribution in [-0.4, -0.2) is 31.4 Å². The summed E-state index contributed by atoms with van der Waals surface area (Å²) < 4.78 is 5.53. The number of rotatable bonds is 6. The van der Waals surface area contributed by atoms with Crippen LogP contribution in [-0.2, 0) is 4.79 Å². The van der Waals surface area contributed by atoms with Gasteiger partial charge in [-0.3, -0.25) is 9.69 Å². The number of nitrogens with zero attached hydrogens (tertiary/aromatic N) is 1. The molecule has 1 aromatic rings. The molecule has 4 nitrogen and oxygen atoms in total. The predicted molar refractivity (Wildman–Crippen MR) is 93.4 cm³/mol. The molecule has 0 radical (unpaired) electrons. The summed E-state index contributed by atoms with van der Waals surface area (Å²) in [7, 11) is 4.05. The second-order valence-electron chi connectivity index (χ2n) is 8.89. The molecule has 1 heterocycles. The van der Waals surface area contributed by atoms with Crippen LogP contribution in [0.5, 0.6) is 0 Å². The van der Waals surface area contributed by atoms with Gasteiger partial charge in [-0.1, -0.05) is 0 Å². The number of hydrogen-bond donors (Lipinski definition) is 1. The Hall–Kier alpha value is -1.29. The lowest BCUT2D eigenvalue weighted by molar-refractivity contribution is -0.129. The van der Waals surface area contributed by atoms with Gasteiger partial charge >= 0.3 is 0 Å². The quantitative estimate of drug-likeness (QED) is 0.867. The minimum Gasteiger partial charge on any atom is -0.468 e. The van der Waals surface area contributed by atoms with Crippen LogP contribution < -0.4 is 5.32 Å². The third kappa shape index (κ3) is 3.13. The highest BCUT2D eigenvalue weighted by Gasteiger charge is 2.51. The molecule has 0 saturated heterocycles. The second-order valence-corrected chi connectivity index (χ2v) is 8.89. The minimum atomic E-state index is 0.0975. The van der Waals surface area contributed by atoms with Gasteiger partial charge in [0.1, 0.15) is 5.76 Å². The van der Waals surface area contributed by atoms with Gasteiger partial charge in [-0.05, 0) is 87.9 Å². The third-order valence-electron chi connectivity index (χ3n) is 6.69. The Balaban J connectivity index is 1.35. The average molecular weight is 330 g/mol. The van der Waals surface area contributed by atoms with Crippen LogP contribution in [0.25, 0.3) is 0 Å². The number of nitrogens with one attached hydrogen (secondary N) is 1. The SMILES string of the molecule is CN(C)C(CNC(=O)CC12CC3CC(CC(C3)C1)C2)c1ccco1. The summed E-state index contributed by atoms with van der Waals surface area (Å²) in [5.74, 6) is 3.86. The van der Waals surface area contributed by atoms with Gasteiger partial charge in [0.2, 0.25) is 5.91 Å². The predicted octanol–water partition coefficient (Wildman–Crippen LogP) is 3.61. The topological polar surface area (TPSA) is 45.5 Å². The maximum atomic E-state index is 12.7. The van der Waals surface area contributed by atoms with Gasteiger partial charge in [-0.2, -0.15) is 0 Å². The summed E-state index contributed by atoms with van der Waals surface area (Å²) in [6, 6.07) is 3.99. The van der Waals surface area contributed by atoms with Crippen LogP contribution in [0.3, 0.4) is 0 Å². The molecule has 4 heteroatoms. The van der Waals surface area contributed by atoms with E-state index in [4.69, 9.17) is 4.42 Å². The molecule has 1 aromatic heterocycles. The van der Waals surface area contributed by atoms with Gasteiger partial charge in [0.05, 0.1) is 12.3 Å². The molecule has 0 aliphatic heterocycles. The highest BCUT2D eigenvalue weighted by Crippen LogP contribution is 2.61. The van der Waals surface area contributed by atoms with Crippen molar-refractivity contribution in [3.05, 3.63) is 24.2 Å². The fourth-order valence-electron chi connectivity index (χ4n) is 6.14. The first-order valence-electron chi connectivity index (χ1n) is 9.49. The Morgan fingerprint density at radius 3 is 2.38 bits per heavy atom. The number of furan rings is 1. The molecule has 4 bridgehead atoms. The van der Waals surface area contributed by atoms with Crippen molar-refractivity contribution in [2.45, 2.75) is 51.0 Å². The van der Waals surface area contributed by atoms with Crippen molar-refractivity contribution in [1.82, 2.24) is 10.2 Å². The van der Waals surface area contributed by atoms with Crippen molar-refractivity contribution < 1.29 is 9.21 Å². The van der Waals surface area contributed by atoms with E-state index >= 15 is 0 Å². The van der Waals surface area contributed by atoms with Crippen molar-refractivity contribution in [2.24, 2.45) is 23.2 Å². The molecule has 24 heavy (non-hydrogen) atoms. The number of hydrogen-bond acceptors (Lipinski definition) is 3. The van der Waals surface area contributed by atoms with E-state index in [0.29, 0.717) is 12.0 Å². The fraction of sp³-hybridized carbons (Fsp3) is 0.750. The van der Waals surface area contributed by atoms with Gasteiger partial charge in [0, 0.05) is 13.0 Å². The second kappa shape index (κ2) is 6.21. The monoisotopic (exact) mass is 330 g/mol. The summed E-state index contributed by atoms with van der Waals surface area (Å²) in [5, 5.41) is 3.19. The standard InChI is InChI=1S/C20H30N2O2/c1-22(2)17(18-4-3-5-24-18)13-21-19(23)12-20-9-14-6-15(10-20)8-16(7-14)11-20/h3-5,14-17H,6-13H2,1-2H3,(H,21,23). The van der Waals surface area contributed by atoms with Crippen molar-refractivity contribution >= 4 is 5.91 Å². The molecule has 1 amide bonds. The van der Waals surface area contributed by atoms with Crippen LogP contribution in [0.1, 0.15) is 56.7 Å². The zero-order chi connectivity index (χ0) is 16.7. The van der Waals surface area contributed by atoms with E-state index in [0.717, 1.165) is 29.9 Å². The molecule has 4 aliphatic rings. The van der Waals surface area contributed by atoms with Crippen LogP contribution >= 0.6 is 0 Å². The number of carbonyl (C=O) groups excluding carboxylic acids is 1. The zero-order valence-electron chi connectivity index (χ0n) is 15.0. The molecule has 4 fully saturated rings.